The Hall–Kier alpha value is 0. The molecule has 1 aliphatic rings. The molecule has 0 saturated heterocycles. The van der Waals surface area contributed by atoms with Crippen LogP contribution < -0.4 is 0 Å². The molecule has 110 valence electrons. The van der Waals surface area contributed by atoms with Crippen molar-refractivity contribution in [2.75, 3.05) is 0 Å². The van der Waals surface area contributed by atoms with E-state index in [1.165, 1.54) is 103 Å². The molecular weight excluding hydrogens is 216 g/mol. The maximum absolute atomic E-state index is 2.28. The van der Waals surface area contributed by atoms with Crippen LogP contribution in [0.4, 0.5) is 0 Å². The summed E-state index contributed by atoms with van der Waals surface area (Å²) in [6.45, 7) is 4.56. The Morgan fingerprint density at radius 2 is 0.611 bits per heavy atom. The standard InChI is InChI=1S/C13H28.C5H10/c1-3-5-7-9-11-13-12-10-8-6-4-2;1-2-4-5-3-1/h3-13H2,1-2H3;1-5H2. The molecule has 0 nitrogen and oxygen atoms in total. The molecule has 0 unspecified atom stereocenters. The lowest BCUT2D eigenvalue weighted by Gasteiger charge is -2.00. The number of hydrogen-bond acceptors (Lipinski definition) is 0. The minimum Gasteiger partial charge on any atom is -0.0654 e. The topological polar surface area (TPSA) is 0 Å². The third kappa shape index (κ3) is 16.0. The minimum atomic E-state index is 1.37. The van der Waals surface area contributed by atoms with E-state index in [1.54, 1.807) is 0 Å². The molecule has 0 bridgehead atoms. The van der Waals surface area contributed by atoms with Gasteiger partial charge in [0.25, 0.3) is 0 Å². The Balaban J connectivity index is 0.000000473. The normalized spacial score (nSPS) is 14.3. The molecule has 0 aromatic rings. The van der Waals surface area contributed by atoms with Crippen molar-refractivity contribution in [2.24, 2.45) is 0 Å². The van der Waals surface area contributed by atoms with Crippen molar-refractivity contribution in [3.63, 3.8) is 0 Å². The first-order chi connectivity index (χ1) is 8.91. The molecule has 0 aromatic carbocycles. The molecule has 0 N–H and O–H groups in total. The molecule has 0 heterocycles. The van der Waals surface area contributed by atoms with E-state index >= 15 is 0 Å². The summed E-state index contributed by atoms with van der Waals surface area (Å²) in [6, 6.07) is 0. The van der Waals surface area contributed by atoms with Crippen LogP contribution in [0.1, 0.15) is 117 Å². The fourth-order valence-electron chi connectivity index (χ4n) is 2.62. The molecule has 1 saturated carbocycles. The Kier molecular flexibility index (Phi) is 17.0. The zero-order chi connectivity index (χ0) is 13.3. The average molecular weight is 255 g/mol. The number of rotatable bonds is 10. The molecule has 0 heteroatoms. The second-order valence-corrected chi connectivity index (χ2v) is 5.95. The zero-order valence-corrected chi connectivity index (χ0v) is 13.3. The quantitative estimate of drug-likeness (QED) is 0.360. The predicted molar refractivity (Wildman–Crippen MR) is 85.2 cm³/mol. The third-order valence-corrected chi connectivity index (χ3v) is 3.96. The van der Waals surface area contributed by atoms with Crippen LogP contribution in [-0.2, 0) is 0 Å². The van der Waals surface area contributed by atoms with Gasteiger partial charge in [-0.15, -0.1) is 0 Å². The number of hydrogen-bond donors (Lipinski definition) is 0. The van der Waals surface area contributed by atoms with Crippen LogP contribution in [0.15, 0.2) is 0 Å². The first kappa shape index (κ1) is 18.0. The van der Waals surface area contributed by atoms with Gasteiger partial charge >= 0.3 is 0 Å². The summed E-state index contributed by atoms with van der Waals surface area (Å²) in [4.78, 5) is 0. The fraction of sp³-hybridized carbons (Fsp3) is 1.00. The van der Waals surface area contributed by atoms with E-state index in [0.29, 0.717) is 0 Å². The predicted octanol–water partition coefficient (Wildman–Crippen LogP) is 7.27. The first-order valence-electron chi connectivity index (χ1n) is 8.91. The SMILES string of the molecule is C1CCCC1.CCCCCCCCCCCCC. The molecule has 0 atom stereocenters. The molecule has 0 aliphatic heterocycles. The largest absolute Gasteiger partial charge is 0.0654 e. The van der Waals surface area contributed by atoms with E-state index in [1.807, 2.05) is 0 Å². The Morgan fingerprint density at radius 1 is 0.389 bits per heavy atom. The molecule has 0 aromatic heterocycles. The van der Waals surface area contributed by atoms with Gasteiger partial charge in [-0.1, -0.05) is 117 Å². The van der Waals surface area contributed by atoms with Gasteiger partial charge in [-0.2, -0.15) is 0 Å². The van der Waals surface area contributed by atoms with Crippen molar-refractivity contribution in [3.05, 3.63) is 0 Å². The van der Waals surface area contributed by atoms with Crippen molar-refractivity contribution in [1.29, 1.82) is 0 Å². The van der Waals surface area contributed by atoms with Gasteiger partial charge in [-0.3, -0.25) is 0 Å². The van der Waals surface area contributed by atoms with Gasteiger partial charge in [0.1, 0.15) is 0 Å². The molecule has 1 fully saturated rings. The molecule has 1 rings (SSSR count). The van der Waals surface area contributed by atoms with Gasteiger partial charge in [0, 0.05) is 0 Å². The molecule has 0 radical (unpaired) electrons. The van der Waals surface area contributed by atoms with Gasteiger partial charge in [0.15, 0.2) is 0 Å². The Morgan fingerprint density at radius 3 is 0.833 bits per heavy atom. The van der Waals surface area contributed by atoms with Crippen molar-refractivity contribution in [2.45, 2.75) is 117 Å². The number of unbranched alkanes of at least 4 members (excludes halogenated alkanes) is 10. The van der Waals surface area contributed by atoms with E-state index in [-0.39, 0.29) is 0 Å². The van der Waals surface area contributed by atoms with Crippen LogP contribution >= 0.6 is 0 Å². The van der Waals surface area contributed by atoms with Crippen molar-refractivity contribution in [1.82, 2.24) is 0 Å². The molecule has 18 heavy (non-hydrogen) atoms. The summed E-state index contributed by atoms with van der Waals surface area (Å²) in [5.41, 5.74) is 0. The minimum absolute atomic E-state index is 1.37. The van der Waals surface area contributed by atoms with E-state index in [9.17, 15) is 0 Å². The third-order valence-electron chi connectivity index (χ3n) is 3.96. The monoisotopic (exact) mass is 254 g/mol. The van der Waals surface area contributed by atoms with Crippen LogP contribution in [0.2, 0.25) is 0 Å². The highest BCUT2D eigenvalue weighted by molar-refractivity contribution is 4.51. The maximum atomic E-state index is 2.28. The summed E-state index contributed by atoms with van der Waals surface area (Å²) < 4.78 is 0. The second-order valence-electron chi connectivity index (χ2n) is 5.95. The maximum Gasteiger partial charge on any atom is -0.0533 e. The Bertz CT molecular complexity index is 106. The van der Waals surface area contributed by atoms with Gasteiger partial charge in [-0.05, 0) is 0 Å². The van der Waals surface area contributed by atoms with E-state index < -0.39 is 0 Å². The highest BCUT2D eigenvalue weighted by atomic mass is 14.0. The van der Waals surface area contributed by atoms with Crippen LogP contribution in [0, 0.1) is 0 Å². The summed E-state index contributed by atoms with van der Waals surface area (Å²) in [7, 11) is 0. The van der Waals surface area contributed by atoms with E-state index in [0.717, 1.165) is 0 Å². The second kappa shape index (κ2) is 17.0. The van der Waals surface area contributed by atoms with Gasteiger partial charge in [0.05, 0.1) is 0 Å². The lowest BCUT2D eigenvalue weighted by molar-refractivity contribution is 0.554. The van der Waals surface area contributed by atoms with Crippen LogP contribution in [0.3, 0.4) is 0 Å². The molecule has 1 aliphatic carbocycles. The highest BCUT2D eigenvalue weighted by Gasteiger charge is 1.95. The first-order valence-corrected chi connectivity index (χ1v) is 8.91. The molecule has 0 spiro atoms. The Labute approximate surface area is 117 Å². The zero-order valence-electron chi connectivity index (χ0n) is 13.3. The summed E-state index contributed by atoms with van der Waals surface area (Å²) in [6.07, 6.45) is 23.4. The van der Waals surface area contributed by atoms with Crippen LogP contribution in [-0.4, -0.2) is 0 Å². The summed E-state index contributed by atoms with van der Waals surface area (Å²) in [5, 5.41) is 0. The van der Waals surface area contributed by atoms with E-state index in [2.05, 4.69) is 13.8 Å². The van der Waals surface area contributed by atoms with Crippen molar-refractivity contribution >= 4 is 0 Å². The highest BCUT2D eigenvalue weighted by Crippen LogP contribution is 2.15. The molecule has 0 amide bonds. The van der Waals surface area contributed by atoms with Crippen LogP contribution in [0.25, 0.3) is 0 Å². The van der Waals surface area contributed by atoms with Crippen LogP contribution in [0.5, 0.6) is 0 Å². The van der Waals surface area contributed by atoms with Gasteiger partial charge in [-0.25, -0.2) is 0 Å². The summed E-state index contributed by atoms with van der Waals surface area (Å²) in [5.74, 6) is 0. The smallest absolute Gasteiger partial charge is 0.0533 e. The average Bonchev–Trinajstić information content (AvgIpc) is 2.96. The van der Waals surface area contributed by atoms with E-state index in [4.69, 9.17) is 0 Å². The van der Waals surface area contributed by atoms with Crippen molar-refractivity contribution in [3.8, 4) is 0 Å². The molecular formula is C18H38. The van der Waals surface area contributed by atoms with Gasteiger partial charge in [0.2, 0.25) is 0 Å². The summed E-state index contributed by atoms with van der Waals surface area (Å²) >= 11 is 0. The lowest BCUT2D eigenvalue weighted by atomic mass is 10.1. The lowest BCUT2D eigenvalue weighted by Crippen LogP contribution is -1.80. The fourth-order valence-corrected chi connectivity index (χ4v) is 2.62. The van der Waals surface area contributed by atoms with Crippen molar-refractivity contribution < 1.29 is 0 Å². The van der Waals surface area contributed by atoms with Gasteiger partial charge < -0.3 is 0 Å².